The first-order valence-corrected chi connectivity index (χ1v) is 6.67. The Kier molecular flexibility index (Phi) is 5.37. The highest BCUT2D eigenvalue weighted by Gasteiger charge is 2.27. The largest absolute Gasteiger partial charge is 0.405 e. The lowest BCUT2D eigenvalue weighted by molar-refractivity contribution is -0.137. The third-order valence-electron chi connectivity index (χ3n) is 2.53. The summed E-state index contributed by atoms with van der Waals surface area (Å²) >= 11 is 1.61. The summed E-state index contributed by atoms with van der Waals surface area (Å²) in [7, 11) is 0. The van der Waals surface area contributed by atoms with Crippen molar-refractivity contribution in [2.45, 2.75) is 25.4 Å². The normalized spacial score (nSPS) is 12.5. The average Bonchev–Trinajstić information content (AvgIpc) is 2.79. The minimum Gasteiger partial charge on any atom is -0.346 e. The van der Waals surface area contributed by atoms with Crippen LogP contribution in [-0.2, 0) is 10.2 Å². The molecular weight excluding hydrogens is 277 g/mol. The van der Waals surface area contributed by atoms with Crippen LogP contribution in [-0.4, -0.2) is 31.7 Å². The molecule has 0 aliphatic heterocycles. The summed E-state index contributed by atoms with van der Waals surface area (Å²) < 4.78 is 35.6. The van der Waals surface area contributed by atoms with Crippen LogP contribution in [0.25, 0.3) is 0 Å². The molecule has 108 valence electrons. The lowest BCUT2D eigenvalue weighted by Gasteiger charge is -2.23. The summed E-state index contributed by atoms with van der Waals surface area (Å²) in [5.41, 5.74) is -0.154. The van der Waals surface area contributed by atoms with Gasteiger partial charge in [0, 0.05) is 16.8 Å². The smallest absolute Gasteiger partial charge is 0.346 e. The molecule has 0 unspecified atom stereocenters. The number of rotatable bonds is 6. The van der Waals surface area contributed by atoms with E-state index < -0.39 is 18.6 Å². The van der Waals surface area contributed by atoms with Crippen LogP contribution in [0.3, 0.4) is 0 Å². The Balaban J connectivity index is 2.28. The zero-order valence-electron chi connectivity index (χ0n) is 10.8. The van der Waals surface area contributed by atoms with Crippen molar-refractivity contribution in [2.75, 3.05) is 19.6 Å². The Bertz CT molecular complexity index is 402. The minimum absolute atomic E-state index is 0.120. The number of hydrogen-bond acceptors (Lipinski definition) is 3. The van der Waals surface area contributed by atoms with Crippen molar-refractivity contribution in [3.63, 3.8) is 0 Å². The first-order chi connectivity index (χ1) is 8.71. The van der Waals surface area contributed by atoms with E-state index in [0.29, 0.717) is 6.54 Å². The monoisotopic (exact) mass is 294 g/mol. The molecule has 7 heteroatoms. The molecule has 1 rings (SSSR count). The molecule has 1 heterocycles. The molecule has 0 fully saturated rings. The van der Waals surface area contributed by atoms with Crippen molar-refractivity contribution in [3.05, 3.63) is 22.4 Å². The van der Waals surface area contributed by atoms with Gasteiger partial charge in [-0.3, -0.25) is 4.79 Å². The van der Waals surface area contributed by atoms with Gasteiger partial charge in [0.25, 0.3) is 0 Å². The van der Waals surface area contributed by atoms with Crippen molar-refractivity contribution in [1.82, 2.24) is 10.6 Å². The maximum atomic E-state index is 11.9. The predicted molar refractivity (Wildman–Crippen MR) is 69.3 cm³/mol. The zero-order valence-corrected chi connectivity index (χ0v) is 11.6. The lowest BCUT2D eigenvalue weighted by atomic mass is 9.91. The highest BCUT2D eigenvalue weighted by Crippen LogP contribution is 2.26. The summed E-state index contributed by atoms with van der Waals surface area (Å²) in [6.45, 7) is 3.14. The third kappa shape index (κ3) is 6.07. The molecule has 2 N–H and O–H groups in total. The van der Waals surface area contributed by atoms with Crippen molar-refractivity contribution in [1.29, 1.82) is 0 Å². The zero-order chi connectivity index (χ0) is 14.5. The second-order valence-electron chi connectivity index (χ2n) is 4.86. The fraction of sp³-hybridized carbons (Fsp3) is 0.583. The topological polar surface area (TPSA) is 41.1 Å². The van der Waals surface area contributed by atoms with Crippen LogP contribution >= 0.6 is 11.3 Å². The quantitative estimate of drug-likeness (QED) is 0.845. The molecule has 0 saturated carbocycles. The first kappa shape index (κ1) is 16.0. The van der Waals surface area contributed by atoms with Gasteiger partial charge < -0.3 is 10.6 Å². The van der Waals surface area contributed by atoms with E-state index in [1.54, 1.807) is 11.3 Å². The Labute approximate surface area is 114 Å². The van der Waals surface area contributed by atoms with Gasteiger partial charge in [-0.1, -0.05) is 19.9 Å². The number of amides is 1. The van der Waals surface area contributed by atoms with Gasteiger partial charge in [-0.05, 0) is 11.4 Å². The van der Waals surface area contributed by atoms with Crippen LogP contribution in [0.4, 0.5) is 13.2 Å². The van der Waals surface area contributed by atoms with Gasteiger partial charge in [-0.2, -0.15) is 13.2 Å². The molecule has 0 saturated heterocycles. The van der Waals surface area contributed by atoms with Crippen LogP contribution in [0.15, 0.2) is 17.5 Å². The van der Waals surface area contributed by atoms with Gasteiger partial charge in [0.2, 0.25) is 5.91 Å². The molecule has 1 amide bonds. The molecule has 0 radical (unpaired) electrons. The fourth-order valence-corrected chi connectivity index (χ4v) is 2.35. The molecule has 3 nitrogen and oxygen atoms in total. The molecule has 0 spiro atoms. The van der Waals surface area contributed by atoms with E-state index in [0.717, 1.165) is 4.88 Å². The van der Waals surface area contributed by atoms with Crippen molar-refractivity contribution >= 4 is 17.2 Å². The van der Waals surface area contributed by atoms with Crippen LogP contribution in [0.2, 0.25) is 0 Å². The summed E-state index contributed by atoms with van der Waals surface area (Å²) in [5, 5.41) is 6.66. The van der Waals surface area contributed by atoms with Crippen LogP contribution in [0.1, 0.15) is 18.7 Å². The van der Waals surface area contributed by atoms with Gasteiger partial charge in [0.15, 0.2) is 0 Å². The molecule has 0 atom stereocenters. The van der Waals surface area contributed by atoms with Gasteiger partial charge in [0.05, 0.1) is 6.54 Å². The molecule has 0 aliphatic rings. The Morgan fingerprint density at radius 1 is 1.32 bits per heavy atom. The number of nitrogens with one attached hydrogen (secondary N) is 2. The second kappa shape index (κ2) is 6.38. The third-order valence-corrected chi connectivity index (χ3v) is 3.76. The highest BCUT2D eigenvalue weighted by atomic mass is 32.1. The number of carbonyl (C=O) groups excluding carboxylic acids is 1. The number of thiophene rings is 1. The molecule has 0 bridgehead atoms. The molecule has 1 aromatic heterocycles. The van der Waals surface area contributed by atoms with Gasteiger partial charge >= 0.3 is 6.18 Å². The SMILES string of the molecule is CC(C)(CNCC(=O)NCC(F)(F)F)c1cccs1. The molecule has 0 aliphatic carbocycles. The Hall–Kier alpha value is -1.08. The second-order valence-corrected chi connectivity index (χ2v) is 5.80. The van der Waals surface area contributed by atoms with E-state index >= 15 is 0 Å². The molecule has 0 aromatic carbocycles. The number of halogens is 3. The van der Waals surface area contributed by atoms with E-state index in [1.165, 1.54) is 0 Å². The highest BCUT2D eigenvalue weighted by molar-refractivity contribution is 7.10. The molecule has 1 aromatic rings. The van der Waals surface area contributed by atoms with E-state index in [1.807, 2.05) is 36.7 Å². The Morgan fingerprint density at radius 3 is 2.53 bits per heavy atom. The van der Waals surface area contributed by atoms with Crippen molar-refractivity contribution in [2.24, 2.45) is 0 Å². The predicted octanol–water partition coefficient (Wildman–Crippen LogP) is 2.29. The van der Waals surface area contributed by atoms with Crippen molar-refractivity contribution < 1.29 is 18.0 Å². The van der Waals surface area contributed by atoms with E-state index in [-0.39, 0.29) is 12.0 Å². The average molecular weight is 294 g/mol. The maximum Gasteiger partial charge on any atom is 0.405 e. The van der Waals surface area contributed by atoms with Crippen LogP contribution in [0, 0.1) is 0 Å². The maximum absolute atomic E-state index is 11.9. The van der Waals surface area contributed by atoms with Crippen molar-refractivity contribution in [3.8, 4) is 0 Å². The standard InChI is InChI=1S/C12H17F3N2OS/c1-11(2,9-4-3-5-19-9)7-16-6-10(18)17-8-12(13,14)15/h3-5,16H,6-8H2,1-2H3,(H,17,18). The van der Waals surface area contributed by atoms with E-state index in [2.05, 4.69) is 5.32 Å². The van der Waals surface area contributed by atoms with E-state index in [4.69, 9.17) is 0 Å². The van der Waals surface area contributed by atoms with Crippen LogP contribution < -0.4 is 10.6 Å². The molecular formula is C12H17F3N2OS. The van der Waals surface area contributed by atoms with Gasteiger partial charge in [-0.25, -0.2) is 0 Å². The number of carbonyl (C=O) groups is 1. The number of alkyl halides is 3. The fourth-order valence-electron chi connectivity index (χ4n) is 1.50. The summed E-state index contributed by atoms with van der Waals surface area (Å²) in [6, 6.07) is 3.94. The summed E-state index contributed by atoms with van der Waals surface area (Å²) in [5.74, 6) is -0.653. The number of hydrogen-bond donors (Lipinski definition) is 2. The lowest BCUT2D eigenvalue weighted by Crippen LogP contribution is -2.42. The molecule has 19 heavy (non-hydrogen) atoms. The minimum atomic E-state index is -4.37. The summed E-state index contributed by atoms with van der Waals surface area (Å²) in [6.07, 6.45) is -4.37. The summed E-state index contributed by atoms with van der Waals surface area (Å²) in [4.78, 5) is 12.4. The Morgan fingerprint density at radius 2 is 2.00 bits per heavy atom. The van der Waals surface area contributed by atoms with Gasteiger partial charge in [0.1, 0.15) is 6.54 Å². The van der Waals surface area contributed by atoms with Gasteiger partial charge in [-0.15, -0.1) is 11.3 Å². The van der Waals surface area contributed by atoms with Crippen LogP contribution in [0.5, 0.6) is 0 Å². The first-order valence-electron chi connectivity index (χ1n) is 5.79. The van der Waals surface area contributed by atoms with E-state index in [9.17, 15) is 18.0 Å².